The Bertz CT molecular complexity index is 163. The van der Waals surface area contributed by atoms with E-state index >= 15 is 0 Å². The Balaban J connectivity index is 3.99. The molecule has 0 aliphatic heterocycles. The lowest BCUT2D eigenvalue weighted by atomic mass is 10.2. The van der Waals surface area contributed by atoms with E-state index in [2.05, 4.69) is 5.09 Å². The first kappa shape index (κ1) is 13.1. The van der Waals surface area contributed by atoms with Crippen LogP contribution in [0.2, 0.25) is 0 Å². The predicted molar refractivity (Wildman–Crippen MR) is 53.7 cm³/mol. The molecule has 0 fully saturated rings. The second-order valence-corrected chi connectivity index (χ2v) is 4.92. The smallest absolute Gasteiger partial charge is 0.297 e. The van der Waals surface area contributed by atoms with Crippen molar-refractivity contribution in [2.45, 2.75) is 27.7 Å². The fourth-order valence-electron chi connectivity index (χ4n) is 0.763. The largest absolute Gasteiger partial charge is 0.405 e. The third-order valence-electron chi connectivity index (χ3n) is 1.29. The van der Waals surface area contributed by atoms with E-state index in [1.807, 2.05) is 13.8 Å². The van der Waals surface area contributed by atoms with Crippen LogP contribution in [0.15, 0.2) is 0 Å². The van der Waals surface area contributed by atoms with E-state index in [4.69, 9.17) is 9.05 Å². The highest BCUT2D eigenvalue weighted by Crippen LogP contribution is 2.43. The molecule has 0 rings (SSSR count). The summed E-state index contributed by atoms with van der Waals surface area (Å²) >= 11 is 0. The molecule has 0 aliphatic rings. The lowest BCUT2D eigenvalue weighted by Gasteiger charge is -2.18. The summed E-state index contributed by atoms with van der Waals surface area (Å²) in [6.45, 7) is 9.08. The number of nitrogens with one attached hydrogen (secondary N) is 1. The third kappa shape index (κ3) is 6.22. The van der Waals surface area contributed by atoms with Crippen molar-refractivity contribution >= 4 is 7.75 Å². The molecule has 0 aromatic carbocycles. The molecule has 5 heteroatoms. The van der Waals surface area contributed by atoms with Gasteiger partial charge in [0.05, 0.1) is 13.2 Å². The summed E-state index contributed by atoms with van der Waals surface area (Å²) in [4.78, 5) is 0. The summed E-state index contributed by atoms with van der Waals surface area (Å²) < 4.78 is 21.8. The van der Waals surface area contributed by atoms with Crippen molar-refractivity contribution in [3.8, 4) is 0 Å². The monoisotopic (exact) mass is 209 g/mol. The SMILES string of the molecule is CCOP(=O)(NCC(C)C)OCC. The van der Waals surface area contributed by atoms with Gasteiger partial charge in [-0.15, -0.1) is 0 Å². The quantitative estimate of drug-likeness (QED) is 0.654. The molecule has 4 nitrogen and oxygen atoms in total. The molecule has 0 saturated carbocycles. The fraction of sp³-hybridized carbons (Fsp3) is 1.00. The minimum absolute atomic E-state index is 0.391. The molecule has 13 heavy (non-hydrogen) atoms. The van der Waals surface area contributed by atoms with Gasteiger partial charge in [0, 0.05) is 6.54 Å². The summed E-state index contributed by atoms with van der Waals surface area (Å²) in [5, 5.41) is 2.81. The van der Waals surface area contributed by atoms with Gasteiger partial charge in [0.15, 0.2) is 0 Å². The van der Waals surface area contributed by atoms with E-state index in [1.54, 1.807) is 13.8 Å². The molecule has 0 spiro atoms. The average Bonchev–Trinajstić information content (AvgIpc) is 2.02. The molecule has 0 aromatic rings. The second-order valence-electron chi connectivity index (χ2n) is 3.09. The maximum absolute atomic E-state index is 11.8. The molecule has 0 radical (unpaired) electrons. The lowest BCUT2D eigenvalue weighted by molar-refractivity contribution is 0.209. The Labute approximate surface area is 80.6 Å². The first-order valence-corrected chi connectivity index (χ1v) is 6.22. The summed E-state index contributed by atoms with van der Waals surface area (Å²) in [5.41, 5.74) is 0. The molecule has 80 valence electrons. The molecule has 1 N–H and O–H groups in total. The van der Waals surface area contributed by atoms with Crippen LogP contribution in [0.3, 0.4) is 0 Å². The standard InChI is InChI=1S/C8H20NO3P/c1-5-11-13(10,12-6-2)9-7-8(3)4/h8H,5-7H2,1-4H3,(H,9,10). The normalized spacial score (nSPS) is 12.4. The minimum atomic E-state index is -3.02. The first-order chi connectivity index (χ1) is 6.04. The van der Waals surface area contributed by atoms with Crippen LogP contribution >= 0.6 is 7.75 Å². The van der Waals surface area contributed by atoms with E-state index in [1.165, 1.54) is 0 Å². The van der Waals surface area contributed by atoms with Crippen LogP contribution in [0.25, 0.3) is 0 Å². The molecule has 0 saturated heterocycles. The van der Waals surface area contributed by atoms with Crippen molar-refractivity contribution in [1.29, 1.82) is 0 Å². The molecular formula is C8H20NO3P. The van der Waals surface area contributed by atoms with Gasteiger partial charge >= 0.3 is 7.75 Å². The van der Waals surface area contributed by atoms with Crippen molar-refractivity contribution < 1.29 is 13.6 Å². The van der Waals surface area contributed by atoms with Gasteiger partial charge in [0.25, 0.3) is 0 Å². The van der Waals surface area contributed by atoms with Gasteiger partial charge in [-0.25, -0.2) is 9.65 Å². The zero-order valence-corrected chi connectivity index (χ0v) is 9.77. The molecule has 0 atom stereocenters. The first-order valence-electron chi connectivity index (χ1n) is 4.68. The Kier molecular flexibility index (Phi) is 6.60. The summed E-state index contributed by atoms with van der Waals surface area (Å²) in [5.74, 6) is 0.425. The van der Waals surface area contributed by atoms with Crippen molar-refractivity contribution in [1.82, 2.24) is 5.09 Å². The molecule has 0 bridgehead atoms. The zero-order chi connectivity index (χ0) is 10.3. The van der Waals surface area contributed by atoms with Crippen LogP contribution in [0, 0.1) is 5.92 Å². The highest BCUT2D eigenvalue weighted by atomic mass is 31.2. The lowest BCUT2D eigenvalue weighted by Crippen LogP contribution is -2.19. The zero-order valence-electron chi connectivity index (χ0n) is 8.87. The highest BCUT2D eigenvalue weighted by Gasteiger charge is 2.22. The average molecular weight is 209 g/mol. The Morgan fingerprint density at radius 2 is 1.69 bits per heavy atom. The van der Waals surface area contributed by atoms with E-state index in [-0.39, 0.29) is 0 Å². The molecule has 0 amide bonds. The summed E-state index contributed by atoms with van der Waals surface area (Å²) in [7, 11) is -3.02. The Morgan fingerprint density at radius 1 is 1.23 bits per heavy atom. The second kappa shape index (κ2) is 6.55. The molecule has 0 aromatic heterocycles. The van der Waals surface area contributed by atoms with Crippen LogP contribution in [0.5, 0.6) is 0 Å². The summed E-state index contributed by atoms with van der Waals surface area (Å²) in [6.07, 6.45) is 0. The van der Waals surface area contributed by atoms with E-state index in [0.29, 0.717) is 25.7 Å². The Hall–Kier alpha value is 0.110. The Morgan fingerprint density at radius 3 is 2.00 bits per heavy atom. The van der Waals surface area contributed by atoms with Gasteiger partial charge < -0.3 is 0 Å². The fourth-order valence-corrected chi connectivity index (χ4v) is 2.29. The topological polar surface area (TPSA) is 47.6 Å². The summed E-state index contributed by atoms with van der Waals surface area (Å²) in [6, 6.07) is 0. The highest BCUT2D eigenvalue weighted by molar-refractivity contribution is 7.51. The predicted octanol–water partition coefficient (Wildman–Crippen LogP) is 2.41. The van der Waals surface area contributed by atoms with Crippen molar-refractivity contribution in [2.24, 2.45) is 5.92 Å². The number of hydrogen-bond donors (Lipinski definition) is 1. The van der Waals surface area contributed by atoms with Crippen molar-refractivity contribution in [2.75, 3.05) is 19.8 Å². The van der Waals surface area contributed by atoms with Gasteiger partial charge in [0.2, 0.25) is 0 Å². The van der Waals surface area contributed by atoms with Gasteiger partial charge in [-0.1, -0.05) is 13.8 Å². The van der Waals surface area contributed by atoms with Crippen LogP contribution in [0.1, 0.15) is 27.7 Å². The van der Waals surface area contributed by atoms with E-state index in [0.717, 1.165) is 0 Å². The maximum Gasteiger partial charge on any atom is 0.405 e. The van der Waals surface area contributed by atoms with Gasteiger partial charge in [-0.2, -0.15) is 0 Å². The molecule has 0 unspecified atom stereocenters. The van der Waals surface area contributed by atoms with Crippen molar-refractivity contribution in [3.63, 3.8) is 0 Å². The van der Waals surface area contributed by atoms with E-state index < -0.39 is 7.75 Å². The van der Waals surface area contributed by atoms with Crippen LogP contribution in [0.4, 0.5) is 0 Å². The van der Waals surface area contributed by atoms with Crippen molar-refractivity contribution in [3.05, 3.63) is 0 Å². The molecule has 0 aliphatic carbocycles. The third-order valence-corrected chi connectivity index (χ3v) is 3.06. The number of rotatable bonds is 7. The number of hydrogen-bond acceptors (Lipinski definition) is 3. The van der Waals surface area contributed by atoms with Crippen LogP contribution in [-0.2, 0) is 13.6 Å². The molecular weight excluding hydrogens is 189 g/mol. The maximum atomic E-state index is 11.8. The van der Waals surface area contributed by atoms with E-state index in [9.17, 15) is 4.57 Å². The van der Waals surface area contributed by atoms with Crippen LogP contribution in [-0.4, -0.2) is 19.8 Å². The van der Waals surface area contributed by atoms with Gasteiger partial charge in [-0.3, -0.25) is 9.05 Å². The van der Waals surface area contributed by atoms with Gasteiger partial charge in [0.1, 0.15) is 0 Å². The van der Waals surface area contributed by atoms with Gasteiger partial charge in [-0.05, 0) is 19.8 Å². The van der Waals surface area contributed by atoms with Crippen LogP contribution < -0.4 is 5.09 Å². The minimum Gasteiger partial charge on any atom is -0.297 e. The molecule has 0 heterocycles.